The highest BCUT2D eigenvalue weighted by atomic mass is 35.5. The predicted octanol–water partition coefficient (Wildman–Crippen LogP) is 3.87. The number of nitrogens with zero attached hydrogens (tertiary/aromatic N) is 2. The Morgan fingerprint density at radius 2 is 1.72 bits per heavy atom. The highest BCUT2D eigenvalue weighted by Gasteiger charge is 2.37. The summed E-state index contributed by atoms with van der Waals surface area (Å²) in [7, 11) is 0. The van der Waals surface area contributed by atoms with E-state index in [-0.39, 0.29) is 11.9 Å². The van der Waals surface area contributed by atoms with Crippen LogP contribution in [0.15, 0.2) is 54.6 Å². The molecular formula is C21H23ClN2O. The Morgan fingerprint density at radius 1 is 1.00 bits per heavy atom. The molecule has 2 aliphatic rings. The molecule has 130 valence electrons. The average Bonchev–Trinajstić information content (AvgIpc) is 3.48. The molecule has 1 saturated heterocycles. The van der Waals surface area contributed by atoms with Gasteiger partial charge in [0, 0.05) is 42.3 Å². The lowest BCUT2D eigenvalue weighted by atomic mass is 10.0. The number of piperazine rings is 1. The van der Waals surface area contributed by atoms with E-state index in [9.17, 15) is 4.79 Å². The number of amides is 1. The van der Waals surface area contributed by atoms with Crippen molar-refractivity contribution < 1.29 is 4.79 Å². The van der Waals surface area contributed by atoms with Crippen LogP contribution in [0.5, 0.6) is 0 Å². The minimum atomic E-state index is 0.119. The van der Waals surface area contributed by atoms with Crippen LogP contribution in [0.3, 0.4) is 0 Å². The zero-order valence-corrected chi connectivity index (χ0v) is 15.0. The third kappa shape index (κ3) is 3.88. The van der Waals surface area contributed by atoms with Gasteiger partial charge in [0.15, 0.2) is 0 Å². The van der Waals surface area contributed by atoms with E-state index in [1.54, 1.807) is 12.1 Å². The average molecular weight is 355 g/mol. The first kappa shape index (κ1) is 16.6. The van der Waals surface area contributed by atoms with Gasteiger partial charge in [-0.2, -0.15) is 0 Å². The zero-order chi connectivity index (χ0) is 17.2. The van der Waals surface area contributed by atoms with E-state index in [1.165, 1.54) is 18.4 Å². The molecule has 2 aromatic carbocycles. The lowest BCUT2D eigenvalue weighted by Gasteiger charge is -2.42. The second-order valence-electron chi connectivity index (χ2n) is 7.08. The standard InChI is InChI=1S/C21H23ClN2O/c22-18-8-6-17(7-9-18)21(25)24-13-12-23(19-10-11-19)15-20(24)14-16-4-2-1-3-5-16/h1-9,19-20H,10-15H2. The summed E-state index contributed by atoms with van der Waals surface area (Å²) in [4.78, 5) is 17.7. The Morgan fingerprint density at radius 3 is 2.40 bits per heavy atom. The van der Waals surface area contributed by atoms with Crippen molar-refractivity contribution in [2.24, 2.45) is 0 Å². The second kappa shape index (κ2) is 7.19. The van der Waals surface area contributed by atoms with Crippen molar-refractivity contribution in [3.63, 3.8) is 0 Å². The Hall–Kier alpha value is -1.84. The van der Waals surface area contributed by atoms with Gasteiger partial charge >= 0.3 is 0 Å². The Bertz CT molecular complexity index is 727. The van der Waals surface area contributed by atoms with Gasteiger partial charge in [-0.25, -0.2) is 0 Å². The normalized spacial score (nSPS) is 21.3. The third-order valence-corrected chi connectivity index (χ3v) is 5.50. The van der Waals surface area contributed by atoms with Crippen molar-refractivity contribution in [3.05, 3.63) is 70.7 Å². The van der Waals surface area contributed by atoms with Gasteiger partial charge < -0.3 is 4.90 Å². The highest BCUT2D eigenvalue weighted by molar-refractivity contribution is 6.30. The van der Waals surface area contributed by atoms with Gasteiger partial charge in [-0.05, 0) is 49.1 Å². The molecule has 1 saturated carbocycles. The van der Waals surface area contributed by atoms with E-state index in [0.29, 0.717) is 5.02 Å². The monoisotopic (exact) mass is 354 g/mol. The summed E-state index contributed by atoms with van der Waals surface area (Å²) in [5.41, 5.74) is 2.02. The molecule has 0 bridgehead atoms. The number of rotatable bonds is 4. The van der Waals surface area contributed by atoms with E-state index in [2.05, 4.69) is 34.1 Å². The summed E-state index contributed by atoms with van der Waals surface area (Å²) in [6.45, 7) is 2.75. The maximum Gasteiger partial charge on any atom is 0.254 e. The Labute approximate surface area is 154 Å². The van der Waals surface area contributed by atoms with Crippen molar-refractivity contribution in [2.45, 2.75) is 31.3 Å². The first-order chi connectivity index (χ1) is 12.2. The summed E-state index contributed by atoms with van der Waals surface area (Å²) in [5.74, 6) is 0.119. The van der Waals surface area contributed by atoms with Crippen LogP contribution in [0, 0.1) is 0 Å². The van der Waals surface area contributed by atoms with Crippen LogP contribution in [0.25, 0.3) is 0 Å². The van der Waals surface area contributed by atoms with Gasteiger partial charge in [-0.15, -0.1) is 0 Å². The molecule has 2 fully saturated rings. The first-order valence-electron chi connectivity index (χ1n) is 9.05. The fraction of sp³-hybridized carbons (Fsp3) is 0.381. The molecule has 1 heterocycles. The number of carbonyl (C=O) groups excluding carboxylic acids is 1. The molecule has 1 aliphatic carbocycles. The summed E-state index contributed by atoms with van der Waals surface area (Å²) in [6.07, 6.45) is 3.52. The van der Waals surface area contributed by atoms with Crippen molar-refractivity contribution in [1.29, 1.82) is 0 Å². The minimum absolute atomic E-state index is 0.119. The van der Waals surface area contributed by atoms with Crippen LogP contribution in [-0.4, -0.2) is 47.4 Å². The van der Waals surface area contributed by atoms with Gasteiger partial charge in [0.2, 0.25) is 0 Å². The summed E-state index contributed by atoms with van der Waals surface area (Å²) >= 11 is 5.97. The van der Waals surface area contributed by atoms with Crippen molar-refractivity contribution in [3.8, 4) is 0 Å². The molecule has 0 radical (unpaired) electrons. The molecular weight excluding hydrogens is 332 g/mol. The molecule has 25 heavy (non-hydrogen) atoms. The Balaban J connectivity index is 1.54. The quantitative estimate of drug-likeness (QED) is 0.832. The number of hydrogen-bond acceptors (Lipinski definition) is 2. The van der Waals surface area contributed by atoms with E-state index < -0.39 is 0 Å². The van der Waals surface area contributed by atoms with Crippen LogP contribution in [0.2, 0.25) is 5.02 Å². The van der Waals surface area contributed by atoms with E-state index in [4.69, 9.17) is 11.6 Å². The molecule has 1 aliphatic heterocycles. The maximum atomic E-state index is 13.1. The second-order valence-corrected chi connectivity index (χ2v) is 7.51. The van der Waals surface area contributed by atoms with Crippen molar-refractivity contribution >= 4 is 17.5 Å². The smallest absolute Gasteiger partial charge is 0.254 e. The zero-order valence-electron chi connectivity index (χ0n) is 14.3. The first-order valence-corrected chi connectivity index (χ1v) is 9.43. The highest BCUT2D eigenvalue weighted by Crippen LogP contribution is 2.30. The molecule has 2 aromatic rings. The molecule has 1 atom stereocenters. The van der Waals surface area contributed by atoms with Crippen LogP contribution < -0.4 is 0 Å². The minimum Gasteiger partial charge on any atom is -0.333 e. The van der Waals surface area contributed by atoms with Gasteiger partial charge in [0.1, 0.15) is 0 Å². The van der Waals surface area contributed by atoms with Crippen LogP contribution in [0.1, 0.15) is 28.8 Å². The summed E-state index contributed by atoms with van der Waals surface area (Å²) in [6, 6.07) is 18.7. The Kier molecular flexibility index (Phi) is 4.78. The van der Waals surface area contributed by atoms with Gasteiger partial charge in [-0.3, -0.25) is 9.69 Å². The van der Waals surface area contributed by atoms with E-state index in [0.717, 1.165) is 37.7 Å². The third-order valence-electron chi connectivity index (χ3n) is 5.24. The molecule has 4 rings (SSSR count). The number of carbonyl (C=O) groups is 1. The summed E-state index contributed by atoms with van der Waals surface area (Å²) < 4.78 is 0. The molecule has 4 heteroatoms. The van der Waals surface area contributed by atoms with Gasteiger partial charge in [0.05, 0.1) is 0 Å². The maximum absolute atomic E-state index is 13.1. The van der Waals surface area contributed by atoms with Crippen molar-refractivity contribution in [2.75, 3.05) is 19.6 Å². The van der Waals surface area contributed by atoms with E-state index in [1.807, 2.05) is 18.2 Å². The van der Waals surface area contributed by atoms with E-state index >= 15 is 0 Å². The fourth-order valence-corrected chi connectivity index (χ4v) is 3.86. The molecule has 0 aromatic heterocycles. The van der Waals surface area contributed by atoms with Crippen LogP contribution in [-0.2, 0) is 6.42 Å². The predicted molar refractivity (Wildman–Crippen MR) is 101 cm³/mol. The molecule has 1 amide bonds. The van der Waals surface area contributed by atoms with Crippen LogP contribution >= 0.6 is 11.6 Å². The van der Waals surface area contributed by atoms with Gasteiger partial charge in [0.25, 0.3) is 5.91 Å². The fourth-order valence-electron chi connectivity index (χ4n) is 3.74. The molecule has 0 N–H and O–H groups in total. The SMILES string of the molecule is O=C(c1ccc(Cl)cc1)N1CCN(C2CC2)CC1Cc1ccccc1. The number of hydrogen-bond donors (Lipinski definition) is 0. The molecule has 1 unspecified atom stereocenters. The number of halogens is 1. The van der Waals surface area contributed by atoms with Gasteiger partial charge in [-0.1, -0.05) is 41.9 Å². The molecule has 0 spiro atoms. The lowest BCUT2D eigenvalue weighted by molar-refractivity contribution is 0.0437. The molecule has 3 nitrogen and oxygen atoms in total. The van der Waals surface area contributed by atoms with Crippen molar-refractivity contribution in [1.82, 2.24) is 9.80 Å². The lowest BCUT2D eigenvalue weighted by Crippen LogP contribution is -2.56. The number of benzene rings is 2. The van der Waals surface area contributed by atoms with Crippen LogP contribution in [0.4, 0.5) is 0 Å². The largest absolute Gasteiger partial charge is 0.333 e. The topological polar surface area (TPSA) is 23.6 Å². The summed E-state index contributed by atoms with van der Waals surface area (Å²) in [5, 5.41) is 0.663.